The molecule has 1 N–H and O–H groups in total. The first-order chi connectivity index (χ1) is 7.74. The molecule has 100 valence electrons. The van der Waals surface area contributed by atoms with Crippen LogP contribution in [0.3, 0.4) is 0 Å². The standard InChI is InChI=1S/C14H27NO2/c1-7-8-9-12(10-11(2)3)15-13(16)17-14(4,5)6/h8-9,11-12H,7,10H2,1-6H3,(H,15,16)/b9-8+. The largest absolute Gasteiger partial charge is 0.444 e. The Morgan fingerprint density at radius 2 is 1.94 bits per heavy atom. The van der Waals surface area contributed by atoms with E-state index in [4.69, 9.17) is 4.74 Å². The monoisotopic (exact) mass is 241 g/mol. The number of rotatable bonds is 5. The number of hydrogen-bond donors (Lipinski definition) is 1. The van der Waals surface area contributed by atoms with Crippen molar-refractivity contribution in [3.63, 3.8) is 0 Å². The minimum Gasteiger partial charge on any atom is -0.444 e. The van der Waals surface area contributed by atoms with E-state index in [-0.39, 0.29) is 12.1 Å². The van der Waals surface area contributed by atoms with Crippen LogP contribution >= 0.6 is 0 Å². The number of carbonyl (C=O) groups is 1. The van der Waals surface area contributed by atoms with Gasteiger partial charge in [-0.05, 0) is 39.5 Å². The van der Waals surface area contributed by atoms with E-state index in [0.717, 1.165) is 12.8 Å². The molecular formula is C14H27NO2. The van der Waals surface area contributed by atoms with Crippen molar-refractivity contribution in [2.24, 2.45) is 5.92 Å². The summed E-state index contributed by atoms with van der Waals surface area (Å²) in [5.41, 5.74) is -0.444. The maximum Gasteiger partial charge on any atom is 0.408 e. The maximum absolute atomic E-state index is 11.6. The third-order valence-corrected chi connectivity index (χ3v) is 2.03. The summed E-state index contributed by atoms with van der Waals surface area (Å²) in [6.07, 6.45) is 5.68. The number of carbonyl (C=O) groups excluding carboxylic acids is 1. The van der Waals surface area contributed by atoms with E-state index in [1.807, 2.05) is 26.8 Å². The molecule has 0 spiro atoms. The molecule has 0 radical (unpaired) electrons. The van der Waals surface area contributed by atoms with E-state index in [1.165, 1.54) is 0 Å². The topological polar surface area (TPSA) is 38.3 Å². The first-order valence-corrected chi connectivity index (χ1v) is 6.40. The molecular weight excluding hydrogens is 214 g/mol. The fourth-order valence-electron chi connectivity index (χ4n) is 1.45. The Kier molecular flexibility index (Phi) is 6.93. The molecule has 0 aliphatic heterocycles. The second kappa shape index (κ2) is 7.36. The molecule has 0 rings (SSSR count). The lowest BCUT2D eigenvalue weighted by Crippen LogP contribution is -2.38. The number of amides is 1. The highest BCUT2D eigenvalue weighted by molar-refractivity contribution is 5.68. The second-order valence-electron chi connectivity index (χ2n) is 5.72. The molecule has 17 heavy (non-hydrogen) atoms. The van der Waals surface area contributed by atoms with Crippen LogP contribution in [0, 0.1) is 5.92 Å². The summed E-state index contributed by atoms with van der Waals surface area (Å²) in [5, 5.41) is 2.89. The lowest BCUT2D eigenvalue weighted by molar-refractivity contribution is 0.0510. The van der Waals surface area contributed by atoms with Gasteiger partial charge in [0.1, 0.15) is 5.60 Å². The molecule has 0 heterocycles. The van der Waals surface area contributed by atoms with Gasteiger partial charge in [0.15, 0.2) is 0 Å². The van der Waals surface area contributed by atoms with Gasteiger partial charge in [0.2, 0.25) is 0 Å². The molecule has 3 heteroatoms. The summed E-state index contributed by atoms with van der Waals surface area (Å²) in [6.45, 7) is 12.0. The van der Waals surface area contributed by atoms with Crippen LogP contribution in [0.15, 0.2) is 12.2 Å². The van der Waals surface area contributed by atoms with Crippen molar-refractivity contribution in [1.29, 1.82) is 0 Å². The van der Waals surface area contributed by atoms with Crippen LogP contribution in [0.25, 0.3) is 0 Å². The summed E-state index contributed by atoms with van der Waals surface area (Å²) in [6, 6.07) is 0.0600. The Labute approximate surface area is 106 Å². The first-order valence-electron chi connectivity index (χ1n) is 6.40. The van der Waals surface area contributed by atoms with Crippen LogP contribution in [-0.2, 0) is 4.74 Å². The predicted molar refractivity (Wildman–Crippen MR) is 72.0 cm³/mol. The van der Waals surface area contributed by atoms with Gasteiger partial charge in [-0.1, -0.05) is 32.9 Å². The summed E-state index contributed by atoms with van der Waals surface area (Å²) in [5.74, 6) is 0.538. The van der Waals surface area contributed by atoms with Crippen LogP contribution in [0.2, 0.25) is 0 Å². The van der Waals surface area contributed by atoms with Crippen molar-refractivity contribution >= 4 is 6.09 Å². The average molecular weight is 241 g/mol. The van der Waals surface area contributed by atoms with Crippen molar-refractivity contribution in [2.45, 2.75) is 66.0 Å². The maximum atomic E-state index is 11.6. The van der Waals surface area contributed by atoms with Crippen LogP contribution in [-0.4, -0.2) is 17.7 Å². The van der Waals surface area contributed by atoms with E-state index < -0.39 is 5.60 Å². The highest BCUT2D eigenvalue weighted by atomic mass is 16.6. The van der Waals surface area contributed by atoms with Crippen LogP contribution in [0.1, 0.15) is 54.4 Å². The lowest BCUT2D eigenvalue weighted by atomic mass is 10.0. The Morgan fingerprint density at radius 1 is 1.35 bits per heavy atom. The van der Waals surface area contributed by atoms with Crippen molar-refractivity contribution in [3.8, 4) is 0 Å². The highest BCUT2D eigenvalue weighted by Crippen LogP contribution is 2.10. The average Bonchev–Trinajstić information content (AvgIpc) is 2.09. The Bertz CT molecular complexity index is 251. The Balaban J connectivity index is 4.32. The van der Waals surface area contributed by atoms with Gasteiger partial charge in [0, 0.05) is 0 Å². The van der Waals surface area contributed by atoms with E-state index in [9.17, 15) is 4.79 Å². The van der Waals surface area contributed by atoms with E-state index >= 15 is 0 Å². The summed E-state index contributed by atoms with van der Waals surface area (Å²) >= 11 is 0. The van der Waals surface area contributed by atoms with Crippen LogP contribution in [0.4, 0.5) is 4.79 Å². The molecule has 1 unspecified atom stereocenters. The molecule has 1 amide bonds. The van der Waals surface area contributed by atoms with Crippen molar-refractivity contribution in [2.75, 3.05) is 0 Å². The van der Waals surface area contributed by atoms with Crippen LogP contribution in [0.5, 0.6) is 0 Å². The molecule has 0 aliphatic carbocycles. The van der Waals surface area contributed by atoms with Gasteiger partial charge in [-0.2, -0.15) is 0 Å². The first kappa shape index (κ1) is 16.0. The fourth-order valence-corrected chi connectivity index (χ4v) is 1.45. The third kappa shape index (κ3) is 9.91. The Hall–Kier alpha value is -0.990. The molecule has 0 aliphatic rings. The normalized spacial score (nSPS) is 14.1. The minimum absolute atomic E-state index is 0.0600. The lowest BCUT2D eigenvalue weighted by Gasteiger charge is -2.23. The van der Waals surface area contributed by atoms with Crippen LogP contribution < -0.4 is 5.32 Å². The summed E-state index contributed by atoms with van der Waals surface area (Å²) < 4.78 is 5.25. The quantitative estimate of drug-likeness (QED) is 0.741. The molecule has 0 fully saturated rings. The zero-order valence-electron chi connectivity index (χ0n) is 12.0. The highest BCUT2D eigenvalue weighted by Gasteiger charge is 2.18. The molecule has 0 saturated carbocycles. The van der Waals surface area contributed by atoms with Gasteiger partial charge in [-0.25, -0.2) is 4.79 Å². The van der Waals surface area contributed by atoms with Gasteiger partial charge in [-0.3, -0.25) is 0 Å². The zero-order chi connectivity index (χ0) is 13.5. The number of allylic oxidation sites excluding steroid dienone is 1. The third-order valence-electron chi connectivity index (χ3n) is 2.03. The smallest absolute Gasteiger partial charge is 0.408 e. The molecule has 0 aromatic carbocycles. The molecule has 0 aromatic rings. The number of hydrogen-bond acceptors (Lipinski definition) is 2. The number of ether oxygens (including phenoxy) is 1. The predicted octanol–water partition coefficient (Wildman–Crippen LogP) is 3.89. The Morgan fingerprint density at radius 3 is 2.35 bits per heavy atom. The molecule has 0 aromatic heterocycles. The van der Waals surface area contributed by atoms with Crippen molar-refractivity contribution < 1.29 is 9.53 Å². The second-order valence-corrected chi connectivity index (χ2v) is 5.72. The molecule has 3 nitrogen and oxygen atoms in total. The van der Waals surface area contributed by atoms with E-state index in [2.05, 4.69) is 32.2 Å². The van der Waals surface area contributed by atoms with Crippen molar-refractivity contribution in [3.05, 3.63) is 12.2 Å². The van der Waals surface area contributed by atoms with E-state index in [1.54, 1.807) is 0 Å². The fraction of sp³-hybridized carbons (Fsp3) is 0.786. The molecule has 0 bridgehead atoms. The van der Waals surface area contributed by atoms with Gasteiger partial charge in [-0.15, -0.1) is 0 Å². The van der Waals surface area contributed by atoms with Gasteiger partial charge < -0.3 is 10.1 Å². The summed E-state index contributed by atoms with van der Waals surface area (Å²) in [7, 11) is 0. The number of nitrogens with one attached hydrogen (secondary N) is 1. The van der Waals surface area contributed by atoms with Gasteiger partial charge >= 0.3 is 6.09 Å². The zero-order valence-corrected chi connectivity index (χ0v) is 12.0. The van der Waals surface area contributed by atoms with Gasteiger partial charge in [0.05, 0.1) is 6.04 Å². The minimum atomic E-state index is -0.444. The molecule has 0 saturated heterocycles. The molecule has 1 atom stereocenters. The van der Waals surface area contributed by atoms with E-state index in [0.29, 0.717) is 5.92 Å². The SMILES string of the molecule is CC/C=C/C(CC(C)C)NC(=O)OC(C)(C)C. The van der Waals surface area contributed by atoms with Crippen molar-refractivity contribution in [1.82, 2.24) is 5.32 Å². The van der Waals surface area contributed by atoms with Gasteiger partial charge in [0.25, 0.3) is 0 Å². The number of alkyl carbamates (subject to hydrolysis) is 1. The summed E-state index contributed by atoms with van der Waals surface area (Å²) in [4.78, 5) is 11.6.